The highest BCUT2D eigenvalue weighted by Gasteiger charge is 2.50. The number of amidine groups is 1. The second kappa shape index (κ2) is 4.93. The van der Waals surface area contributed by atoms with E-state index in [4.69, 9.17) is 4.74 Å². The van der Waals surface area contributed by atoms with Crippen LogP contribution < -0.4 is 5.32 Å². The van der Waals surface area contributed by atoms with Crippen molar-refractivity contribution in [2.45, 2.75) is 43.6 Å². The normalized spacial score (nSPS) is 43.3. The molecule has 0 aromatic carbocycles. The van der Waals surface area contributed by atoms with Crippen LogP contribution in [0.4, 0.5) is 0 Å². The first-order valence-electron chi connectivity index (χ1n) is 5.54. The van der Waals surface area contributed by atoms with Crippen LogP contribution in [0, 0.1) is 0 Å². The number of thioether (sulfide) groups is 1. The largest absolute Gasteiger partial charge is 0.388 e. The summed E-state index contributed by atoms with van der Waals surface area (Å²) in [7, 11) is 0. The minimum Gasteiger partial charge on any atom is -0.388 e. The van der Waals surface area contributed by atoms with Gasteiger partial charge in [0.25, 0.3) is 0 Å². The highest BCUT2D eigenvalue weighted by atomic mass is 32.2. The van der Waals surface area contributed by atoms with Gasteiger partial charge in [-0.3, -0.25) is 9.79 Å². The highest BCUT2D eigenvalue weighted by molar-refractivity contribution is 8.14. The molecule has 2 rings (SSSR count). The molecule has 0 radical (unpaired) electrons. The summed E-state index contributed by atoms with van der Waals surface area (Å²) < 4.78 is 5.49. The number of ketones is 1. The first-order chi connectivity index (χ1) is 8.04. The average molecular weight is 260 g/mol. The van der Waals surface area contributed by atoms with Gasteiger partial charge in [0.15, 0.2) is 11.0 Å². The summed E-state index contributed by atoms with van der Waals surface area (Å²) in [6.45, 7) is 3.88. The fraction of sp³-hybridized carbons (Fsp3) is 0.800. The molecule has 0 aliphatic carbocycles. The molecule has 96 valence electrons. The standard InChI is InChI=1S/C10H16N2O4S/c1-3-11-10-12-5-6(14)7(15)8(4(2)13)16-9(5)17-10/h5-9,14-15H,3H2,1-2H3,(H,11,12)/t5-,6-,7+,8-,9-/m1/s1. The monoisotopic (exact) mass is 260 g/mol. The predicted molar refractivity (Wildman–Crippen MR) is 63.8 cm³/mol. The van der Waals surface area contributed by atoms with Crippen LogP contribution in [0.1, 0.15) is 13.8 Å². The van der Waals surface area contributed by atoms with E-state index in [0.29, 0.717) is 11.7 Å². The molecule has 0 bridgehead atoms. The number of aliphatic hydroxyl groups excluding tert-OH is 2. The molecule has 2 fully saturated rings. The van der Waals surface area contributed by atoms with E-state index in [0.717, 1.165) is 0 Å². The van der Waals surface area contributed by atoms with Crippen LogP contribution >= 0.6 is 11.8 Å². The van der Waals surface area contributed by atoms with Gasteiger partial charge < -0.3 is 20.3 Å². The third-order valence-corrected chi connectivity index (χ3v) is 3.93. The Balaban J connectivity index is 2.15. The van der Waals surface area contributed by atoms with Crippen molar-refractivity contribution in [2.75, 3.05) is 6.54 Å². The van der Waals surface area contributed by atoms with Gasteiger partial charge in [-0.05, 0) is 13.8 Å². The number of carbonyl (C=O) groups excluding carboxylic acids is 1. The van der Waals surface area contributed by atoms with Gasteiger partial charge in [0, 0.05) is 6.54 Å². The topological polar surface area (TPSA) is 91.2 Å². The molecule has 3 N–H and O–H groups in total. The second-order valence-corrected chi connectivity index (χ2v) is 5.17. The Morgan fingerprint density at radius 1 is 1.53 bits per heavy atom. The van der Waals surface area contributed by atoms with E-state index in [-0.39, 0.29) is 11.2 Å². The van der Waals surface area contributed by atoms with E-state index in [2.05, 4.69) is 10.3 Å². The van der Waals surface area contributed by atoms with Crippen LogP contribution in [-0.4, -0.2) is 57.5 Å². The van der Waals surface area contributed by atoms with Crippen molar-refractivity contribution in [3.05, 3.63) is 0 Å². The predicted octanol–water partition coefficient (Wildman–Crippen LogP) is -0.897. The number of nitrogens with one attached hydrogen (secondary N) is 1. The fourth-order valence-electron chi connectivity index (χ4n) is 1.97. The Morgan fingerprint density at radius 2 is 2.24 bits per heavy atom. The maximum absolute atomic E-state index is 11.3. The molecule has 0 aromatic rings. The van der Waals surface area contributed by atoms with Gasteiger partial charge in [0.05, 0.1) is 6.04 Å². The van der Waals surface area contributed by atoms with E-state index in [1.165, 1.54) is 18.7 Å². The second-order valence-electron chi connectivity index (χ2n) is 4.08. The molecular formula is C10H16N2O4S. The summed E-state index contributed by atoms with van der Waals surface area (Å²) in [6, 6.07) is -0.420. The number of nitrogens with zero attached hydrogens (tertiary/aromatic N) is 1. The first-order valence-corrected chi connectivity index (χ1v) is 6.42. The molecular weight excluding hydrogens is 244 g/mol. The summed E-state index contributed by atoms with van der Waals surface area (Å²) in [5, 5.41) is 23.4. The van der Waals surface area contributed by atoms with Crippen LogP contribution in [0.5, 0.6) is 0 Å². The quantitative estimate of drug-likeness (QED) is 0.596. The van der Waals surface area contributed by atoms with Crippen LogP contribution in [0.3, 0.4) is 0 Å². The summed E-state index contributed by atoms with van der Waals surface area (Å²) in [5.74, 6) is -0.281. The fourth-order valence-corrected chi connectivity index (χ4v) is 3.14. The molecule has 0 unspecified atom stereocenters. The smallest absolute Gasteiger partial charge is 0.161 e. The molecule has 0 saturated carbocycles. The average Bonchev–Trinajstić information content (AvgIpc) is 2.66. The first kappa shape index (κ1) is 12.8. The van der Waals surface area contributed by atoms with E-state index in [1.807, 2.05) is 6.92 Å². The molecule has 0 spiro atoms. The molecule has 2 saturated heterocycles. The summed E-state index contributed by atoms with van der Waals surface area (Å²) in [5.41, 5.74) is -0.382. The minimum absolute atomic E-state index is 0.281. The lowest BCUT2D eigenvalue weighted by Gasteiger charge is -2.37. The Hall–Kier alpha value is -0.630. The number of Topliss-reactive ketones (excluding diaryl/α,β-unsaturated/α-hetero) is 1. The molecule has 7 heteroatoms. The Kier molecular flexibility index (Phi) is 3.72. The van der Waals surface area contributed by atoms with Gasteiger partial charge in [0.2, 0.25) is 0 Å². The van der Waals surface area contributed by atoms with Crippen molar-refractivity contribution in [1.29, 1.82) is 0 Å². The number of carbonyl (C=O) groups is 1. The van der Waals surface area contributed by atoms with Gasteiger partial charge in [-0.25, -0.2) is 0 Å². The number of aliphatic imine (C=N–C) groups is 1. The third kappa shape index (κ3) is 2.33. The lowest BCUT2D eigenvalue weighted by Crippen LogP contribution is -2.60. The van der Waals surface area contributed by atoms with Crippen molar-refractivity contribution in [3.8, 4) is 0 Å². The number of hydrogen-bond donors (Lipinski definition) is 3. The molecule has 2 aliphatic heterocycles. The molecule has 5 atom stereocenters. The van der Waals surface area contributed by atoms with Crippen LogP contribution in [0.2, 0.25) is 0 Å². The highest BCUT2D eigenvalue weighted by Crippen LogP contribution is 2.34. The van der Waals surface area contributed by atoms with E-state index in [9.17, 15) is 15.0 Å². The molecule has 0 amide bonds. The molecule has 2 heterocycles. The number of fused-ring (bicyclic) bond motifs is 1. The summed E-state index contributed by atoms with van der Waals surface area (Å²) in [4.78, 5) is 15.5. The zero-order chi connectivity index (χ0) is 12.6. The van der Waals surface area contributed by atoms with Gasteiger partial charge in [-0.2, -0.15) is 0 Å². The van der Waals surface area contributed by atoms with Crippen molar-refractivity contribution in [3.63, 3.8) is 0 Å². The Bertz CT molecular complexity index is 349. The SMILES string of the molecule is CCN=C1N[C@@H]2[C@@H](O)[C@H](O)[C@@H](C(C)=O)O[C@@H]2S1. The maximum Gasteiger partial charge on any atom is 0.161 e. The third-order valence-electron chi connectivity index (χ3n) is 2.82. The van der Waals surface area contributed by atoms with Gasteiger partial charge >= 0.3 is 0 Å². The molecule has 0 aromatic heterocycles. The van der Waals surface area contributed by atoms with Crippen LogP contribution in [0.25, 0.3) is 0 Å². The summed E-state index contributed by atoms with van der Waals surface area (Å²) in [6.07, 6.45) is -3.18. The number of ether oxygens (including phenoxy) is 1. The van der Waals surface area contributed by atoms with E-state index >= 15 is 0 Å². The maximum atomic E-state index is 11.3. The van der Waals surface area contributed by atoms with E-state index in [1.54, 1.807) is 0 Å². The molecule has 6 nitrogen and oxygen atoms in total. The van der Waals surface area contributed by atoms with Crippen molar-refractivity contribution in [1.82, 2.24) is 5.32 Å². The Labute approximate surface area is 103 Å². The van der Waals surface area contributed by atoms with Crippen LogP contribution in [0.15, 0.2) is 4.99 Å². The molecule has 17 heavy (non-hydrogen) atoms. The number of aliphatic hydroxyl groups is 2. The van der Waals surface area contributed by atoms with Gasteiger partial charge in [-0.15, -0.1) is 0 Å². The van der Waals surface area contributed by atoms with Gasteiger partial charge in [-0.1, -0.05) is 11.8 Å². The number of rotatable bonds is 2. The van der Waals surface area contributed by atoms with Crippen molar-refractivity contribution in [2.24, 2.45) is 4.99 Å². The van der Waals surface area contributed by atoms with E-state index < -0.39 is 24.4 Å². The van der Waals surface area contributed by atoms with Crippen molar-refractivity contribution >= 4 is 22.7 Å². The minimum atomic E-state index is -1.19. The number of hydrogen-bond acceptors (Lipinski definition) is 6. The van der Waals surface area contributed by atoms with Crippen molar-refractivity contribution < 1.29 is 19.7 Å². The van der Waals surface area contributed by atoms with Gasteiger partial charge in [0.1, 0.15) is 23.7 Å². The lowest BCUT2D eigenvalue weighted by atomic mass is 9.96. The lowest BCUT2D eigenvalue weighted by molar-refractivity contribution is -0.169. The zero-order valence-corrected chi connectivity index (χ0v) is 10.5. The summed E-state index contributed by atoms with van der Waals surface area (Å²) >= 11 is 1.34. The molecule has 2 aliphatic rings. The van der Waals surface area contributed by atoms with Crippen LogP contribution in [-0.2, 0) is 9.53 Å². The zero-order valence-electron chi connectivity index (χ0n) is 9.66. The Morgan fingerprint density at radius 3 is 2.82 bits per heavy atom.